The molecule has 1 aliphatic heterocycles. The Kier molecular flexibility index (Phi) is 5.03. The largest absolute Gasteiger partial charge is 0.513 e. The van der Waals surface area contributed by atoms with Crippen LogP contribution in [-0.2, 0) is 14.2 Å². The average Bonchev–Trinajstić information content (AvgIpc) is 2.61. The average molecular weight is 369 g/mol. The van der Waals surface area contributed by atoms with Crippen LogP contribution in [0, 0.1) is 13.8 Å². The highest BCUT2D eigenvalue weighted by Gasteiger charge is 2.24. The third-order valence-corrected chi connectivity index (χ3v) is 4.11. The Morgan fingerprint density at radius 1 is 1.07 bits per heavy atom. The maximum atomic E-state index is 11.7. The Labute approximate surface area is 155 Å². The number of benzene rings is 2. The molecule has 1 aliphatic rings. The van der Waals surface area contributed by atoms with E-state index in [-0.39, 0.29) is 17.9 Å². The summed E-state index contributed by atoms with van der Waals surface area (Å²) in [6, 6.07) is 10.1. The number of aryl methyl sites for hydroxylation is 2. The van der Waals surface area contributed by atoms with Crippen molar-refractivity contribution in [3.8, 4) is 0 Å². The molecule has 0 fully saturated rings. The first-order valence-electron chi connectivity index (χ1n) is 8.24. The molecule has 0 unspecified atom stereocenters. The van der Waals surface area contributed by atoms with E-state index >= 15 is 0 Å². The summed E-state index contributed by atoms with van der Waals surface area (Å²) in [5, 5.41) is 13.9. The number of nitrogens with one attached hydrogen (secondary N) is 1. The predicted octanol–water partition coefficient (Wildman–Crippen LogP) is 4.44. The second kappa shape index (κ2) is 7.41. The molecule has 0 saturated carbocycles. The zero-order chi connectivity index (χ0) is 19.6. The molecule has 2 aromatic carbocycles. The lowest BCUT2D eigenvalue weighted by molar-refractivity contribution is 0.0911. The fourth-order valence-corrected chi connectivity index (χ4v) is 2.99. The molecule has 2 N–H and O–H groups in total. The minimum absolute atomic E-state index is 0.00894. The number of methoxy groups -OCH3 is 1. The van der Waals surface area contributed by atoms with Crippen LogP contribution in [0.5, 0.6) is 0 Å². The van der Waals surface area contributed by atoms with Crippen molar-refractivity contribution in [2.24, 2.45) is 0 Å². The maximum absolute atomic E-state index is 11.7. The molecule has 0 radical (unpaired) electrons. The molecular formula is C20H19NO6. The van der Waals surface area contributed by atoms with Crippen LogP contribution in [-0.4, -0.2) is 24.5 Å². The van der Waals surface area contributed by atoms with Crippen LogP contribution in [0.1, 0.15) is 23.1 Å². The summed E-state index contributed by atoms with van der Waals surface area (Å²) in [6.45, 7) is 3.97. The van der Waals surface area contributed by atoms with Gasteiger partial charge in [-0.2, -0.15) is 0 Å². The Balaban J connectivity index is 2.13. The van der Waals surface area contributed by atoms with Crippen LogP contribution in [0.4, 0.5) is 9.59 Å². The zero-order valence-corrected chi connectivity index (χ0v) is 15.2. The fraction of sp³-hybridized carbons (Fsp3) is 0.200. The summed E-state index contributed by atoms with van der Waals surface area (Å²) in [5.41, 5.74) is 3.50. The molecular weight excluding hydrogens is 350 g/mol. The second-order valence-electron chi connectivity index (χ2n) is 6.19. The molecule has 0 atom stereocenters. The van der Waals surface area contributed by atoms with Gasteiger partial charge in [0.25, 0.3) is 0 Å². The Bertz CT molecular complexity index is 989. The highest BCUT2D eigenvalue weighted by molar-refractivity contribution is 5.95. The van der Waals surface area contributed by atoms with Crippen molar-refractivity contribution < 1.29 is 28.9 Å². The lowest BCUT2D eigenvalue weighted by atomic mass is 9.96. The topological polar surface area (TPSA) is 94.1 Å². The number of ether oxygens (including phenoxy) is 3. The highest BCUT2D eigenvalue weighted by Crippen LogP contribution is 2.33. The number of rotatable bonds is 3. The van der Waals surface area contributed by atoms with Crippen LogP contribution in [0.25, 0.3) is 16.5 Å². The smallest absolute Gasteiger partial charge is 0.449 e. The van der Waals surface area contributed by atoms with Gasteiger partial charge in [0.15, 0.2) is 0 Å². The van der Waals surface area contributed by atoms with E-state index in [2.05, 4.69) is 16.1 Å². The van der Waals surface area contributed by atoms with Gasteiger partial charge in [0.1, 0.15) is 11.5 Å². The molecule has 2 aromatic rings. The zero-order valence-electron chi connectivity index (χ0n) is 15.2. The van der Waals surface area contributed by atoms with Gasteiger partial charge >= 0.3 is 12.3 Å². The molecule has 0 aliphatic carbocycles. The van der Waals surface area contributed by atoms with Crippen molar-refractivity contribution in [3.63, 3.8) is 0 Å². The SMILES string of the molecule is COC(=O)OC1=C(c2cc(C)cc3ccc(C)cc23)NC=C(OC(=O)O)C1. The van der Waals surface area contributed by atoms with Gasteiger partial charge in [-0.15, -0.1) is 0 Å². The van der Waals surface area contributed by atoms with Gasteiger partial charge in [0.05, 0.1) is 19.2 Å². The molecule has 3 rings (SSSR count). The fourth-order valence-electron chi connectivity index (χ4n) is 2.99. The van der Waals surface area contributed by atoms with Crippen molar-refractivity contribution in [2.75, 3.05) is 7.11 Å². The van der Waals surface area contributed by atoms with Crippen LogP contribution in [0.3, 0.4) is 0 Å². The minimum atomic E-state index is -1.44. The van der Waals surface area contributed by atoms with Gasteiger partial charge in [-0.3, -0.25) is 0 Å². The van der Waals surface area contributed by atoms with Crippen molar-refractivity contribution in [1.29, 1.82) is 0 Å². The van der Waals surface area contributed by atoms with Crippen molar-refractivity contribution in [1.82, 2.24) is 5.32 Å². The van der Waals surface area contributed by atoms with E-state index in [0.29, 0.717) is 5.70 Å². The van der Waals surface area contributed by atoms with Gasteiger partial charge < -0.3 is 24.6 Å². The third kappa shape index (κ3) is 4.03. The number of dihydropyridines is 1. The van der Waals surface area contributed by atoms with Crippen molar-refractivity contribution in [2.45, 2.75) is 20.3 Å². The number of carbonyl (C=O) groups is 2. The Morgan fingerprint density at radius 2 is 1.85 bits per heavy atom. The molecule has 0 bridgehead atoms. The van der Waals surface area contributed by atoms with Gasteiger partial charge in [0.2, 0.25) is 0 Å². The lowest BCUT2D eigenvalue weighted by Gasteiger charge is -2.22. The summed E-state index contributed by atoms with van der Waals surface area (Å²) >= 11 is 0. The predicted molar refractivity (Wildman–Crippen MR) is 98.8 cm³/mol. The van der Waals surface area contributed by atoms with E-state index in [1.54, 1.807) is 0 Å². The summed E-state index contributed by atoms with van der Waals surface area (Å²) < 4.78 is 14.6. The summed E-state index contributed by atoms with van der Waals surface area (Å²) in [4.78, 5) is 22.5. The third-order valence-electron chi connectivity index (χ3n) is 4.11. The first-order chi connectivity index (χ1) is 12.9. The molecule has 7 heteroatoms. The van der Waals surface area contributed by atoms with Crippen LogP contribution < -0.4 is 5.32 Å². The number of hydrogen-bond donors (Lipinski definition) is 2. The normalized spacial score (nSPS) is 13.7. The number of carbonyl (C=O) groups excluding carboxylic acids is 1. The first-order valence-corrected chi connectivity index (χ1v) is 8.24. The molecule has 7 nitrogen and oxygen atoms in total. The Morgan fingerprint density at radius 3 is 2.56 bits per heavy atom. The molecule has 0 aromatic heterocycles. The standard InChI is InChI=1S/C20H19NO6/c1-11-4-5-13-6-12(2)8-16(15(13)7-11)18-17(27-20(24)25-3)9-14(10-21-18)26-19(22)23/h4-8,10,21H,9H2,1-3H3,(H,22,23). The van der Waals surface area contributed by atoms with E-state index in [0.717, 1.165) is 27.5 Å². The molecule has 1 heterocycles. The van der Waals surface area contributed by atoms with Gasteiger partial charge in [0, 0.05) is 11.8 Å². The van der Waals surface area contributed by atoms with Crippen molar-refractivity contribution >= 4 is 28.8 Å². The van der Waals surface area contributed by atoms with Gasteiger partial charge in [-0.1, -0.05) is 29.8 Å². The first kappa shape index (κ1) is 18.3. The molecule has 27 heavy (non-hydrogen) atoms. The molecule has 140 valence electrons. The van der Waals surface area contributed by atoms with Crippen molar-refractivity contribution in [3.05, 3.63) is 64.7 Å². The quantitative estimate of drug-likeness (QED) is 0.773. The molecule has 0 amide bonds. The summed E-state index contributed by atoms with van der Waals surface area (Å²) in [6.07, 6.45) is -0.905. The minimum Gasteiger partial charge on any atom is -0.449 e. The van der Waals surface area contributed by atoms with E-state index < -0.39 is 12.3 Å². The molecule has 0 saturated heterocycles. The van der Waals surface area contributed by atoms with Crippen LogP contribution in [0.15, 0.2) is 48.1 Å². The van der Waals surface area contributed by atoms with E-state index in [9.17, 15) is 9.59 Å². The van der Waals surface area contributed by atoms with Crippen LogP contribution in [0.2, 0.25) is 0 Å². The number of fused-ring (bicyclic) bond motifs is 1. The monoisotopic (exact) mass is 369 g/mol. The van der Waals surface area contributed by atoms with E-state index in [1.807, 2.05) is 38.1 Å². The van der Waals surface area contributed by atoms with E-state index in [4.69, 9.17) is 14.6 Å². The highest BCUT2D eigenvalue weighted by atomic mass is 16.7. The van der Waals surface area contributed by atoms with Crippen LogP contribution >= 0.6 is 0 Å². The maximum Gasteiger partial charge on any atom is 0.513 e. The number of hydrogen-bond acceptors (Lipinski definition) is 6. The van der Waals surface area contributed by atoms with Gasteiger partial charge in [-0.25, -0.2) is 9.59 Å². The molecule has 0 spiro atoms. The summed E-state index contributed by atoms with van der Waals surface area (Å²) in [5.74, 6) is 0.326. The van der Waals surface area contributed by atoms with E-state index in [1.165, 1.54) is 13.3 Å². The summed E-state index contributed by atoms with van der Waals surface area (Å²) in [7, 11) is 1.20. The second-order valence-corrected chi connectivity index (χ2v) is 6.19. The Hall–Kier alpha value is -3.48. The number of carboxylic acid groups (broad SMARTS) is 1. The van der Waals surface area contributed by atoms with Gasteiger partial charge in [-0.05, 0) is 36.2 Å². The lowest BCUT2D eigenvalue weighted by Crippen LogP contribution is -2.20.